The molecular weight excluding hydrogens is 289 g/mol. The first-order chi connectivity index (χ1) is 8.96. The fraction of sp³-hybridized carbons (Fsp3) is 0.462. The van der Waals surface area contributed by atoms with E-state index in [0.717, 1.165) is 0 Å². The molecule has 0 atom stereocenters. The average molecular weight is 306 g/mol. The minimum atomic E-state index is -0.990. The van der Waals surface area contributed by atoms with Crippen LogP contribution in [-0.4, -0.2) is 34.9 Å². The van der Waals surface area contributed by atoms with E-state index >= 15 is 0 Å². The van der Waals surface area contributed by atoms with Crippen molar-refractivity contribution in [2.75, 3.05) is 13.2 Å². The number of hydrogen-bond acceptors (Lipinski definition) is 3. The van der Waals surface area contributed by atoms with Crippen LogP contribution in [0.15, 0.2) is 18.2 Å². The SMILES string of the molecule is CCC(CO)(CO)NC(=O)Cc1ccc(Cl)cc1Cl. The summed E-state index contributed by atoms with van der Waals surface area (Å²) in [5.41, 5.74) is -0.347. The lowest BCUT2D eigenvalue weighted by Gasteiger charge is -2.29. The molecule has 6 heteroatoms. The van der Waals surface area contributed by atoms with Crippen LogP contribution in [0.4, 0.5) is 0 Å². The van der Waals surface area contributed by atoms with E-state index in [1.54, 1.807) is 25.1 Å². The molecular formula is C13H17Cl2NO3. The van der Waals surface area contributed by atoms with Crippen LogP contribution in [0.5, 0.6) is 0 Å². The zero-order chi connectivity index (χ0) is 14.5. The largest absolute Gasteiger partial charge is 0.394 e. The molecule has 0 aromatic heterocycles. The van der Waals surface area contributed by atoms with E-state index in [-0.39, 0.29) is 25.5 Å². The zero-order valence-electron chi connectivity index (χ0n) is 10.6. The summed E-state index contributed by atoms with van der Waals surface area (Å²) in [5.74, 6) is -0.311. The van der Waals surface area contributed by atoms with E-state index in [4.69, 9.17) is 23.2 Å². The lowest BCUT2D eigenvalue weighted by molar-refractivity contribution is -0.123. The van der Waals surface area contributed by atoms with Crippen molar-refractivity contribution in [1.82, 2.24) is 5.32 Å². The molecule has 0 spiro atoms. The van der Waals surface area contributed by atoms with Gasteiger partial charge in [-0.25, -0.2) is 0 Å². The van der Waals surface area contributed by atoms with Gasteiger partial charge in [-0.3, -0.25) is 4.79 Å². The number of carbonyl (C=O) groups excluding carboxylic acids is 1. The highest BCUT2D eigenvalue weighted by atomic mass is 35.5. The summed E-state index contributed by atoms with van der Waals surface area (Å²) in [5, 5.41) is 22.1. The van der Waals surface area contributed by atoms with Crippen LogP contribution in [0.25, 0.3) is 0 Å². The van der Waals surface area contributed by atoms with E-state index in [0.29, 0.717) is 22.0 Å². The molecule has 0 saturated heterocycles. The summed E-state index contributed by atoms with van der Waals surface area (Å²) in [7, 11) is 0. The number of carbonyl (C=O) groups is 1. The zero-order valence-corrected chi connectivity index (χ0v) is 12.1. The van der Waals surface area contributed by atoms with Gasteiger partial charge in [0.05, 0.1) is 25.2 Å². The molecule has 0 bridgehead atoms. The number of rotatable bonds is 6. The summed E-state index contributed by atoms with van der Waals surface area (Å²) < 4.78 is 0. The van der Waals surface area contributed by atoms with E-state index in [1.807, 2.05) is 0 Å². The molecule has 4 nitrogen and oxygen atoms in total. The predicted octanol–water partition coefficient (Wildman–Crippen LogP) is 1.79. The highest BCUT2D eigenvalue weighted by Crippen LogP contribution is 2.21. The van der Waals surface area contributed by atoms with Crippen molar-refractivity contribution < 1.29 is 15.0 Å². The van der Waals surface area contributed by atoms with E-state index in [9.17, 15) is 15.0 Å². The van der Waals surface area contributed by atoms with E-state index < -0.39 is 5.54 Å². The van der Waals surface area contributed by atoms with Gasteiger partial charge >= 0.3 is 0 Å². The van der Waals surface area contributed by atoms with Crippen molar-refractivity contribution in [3.63, 3.8) is 0 Å². The Morgan fingerprint density at radius 1 is 1.32 bits per heavy atom. The Balaban J connectivity index is 2.74. The molecule has 0 aliphatic rings. The third-order valence-corrected chi connectivity index (χ3v) is 3.64. The minimum absolute atomic E-state index is 0.0672. The average Bonchev–Trinajstić information content (AvgIpc) is 2.39. The first-order valence-corrected chi connectivity index (χ1v) is 6.68. The topological polar surface area (TPSA) is 69.6 Å². The molecule has 1 amide bonds. The first kappa shape index (κ1) is 16.2. The Morgan fingerprint density at radius 3 is 2.42 bits per heavy atom. The highest BCUT2D eigenvalue weighted by molar-refractivity contribution is 6.35. The highest BCUT2D eigenvalue weighted by Gasteiger charge is 2.28. The van der Waals surface area contributed by atoms with Gasteiger partial charge in [-0.05, 0) is 24.1 Å². The van der Waals surface area contributed by atoms with Crippen molar-refractivity contribution in [1.29, 1.82) is 0 Å². The van der Waals surface area contributed by atoms with Crippen molar-refractivity contribution in [3.05, 3.63) is 33.8 Å². The Kier molecular flexibility index (Phi) is 6.07. The molecule has 19 heavy (non-hydrogen) atoms. The molecule has 106 valence electrons. The molecule has 0 saturated carbocycles. The molecule has 0 aliphatic heterocycles. The second-order valence-electron chi connectivity index (χ2n) is 4.41. The van der Waals surface area contributed by atoms with Crippen molar-refractivity contribution in [2.24, 2.45) is 0 Å². The Hall–Kier alpha value is -0.810. The summed E-state index contributed by atoms with van der Waals surface area (Å²) in [6.45, 7) is 1.14. The van der Waals surface area contributed by atoms with Crippen LogP contribution < -0.4 is 5.32 Å². The number of halogens is 2. The minimum Gasteiger partial charge on any atom is -0.394 e. The summed E-state index contributed by atoms with van der Waals surface area (Å²) in [6.07, 6.45) is 0.498. The van der Waals surface area contributed by atoms with Gasteiger partial charge in [0.1, 0.15) is 0 Å². The van der Waals surface area contributed by atoms with Gasteiger partial charge in [0.25, 0.3) is 0 Å². The smallest absolute Gasteiger partial charge is 0.225 e. The fourth-order valence-corrected chi connectivity index (χ4v) is 2.09. The number of nitrogens with one attached hydrogen (secondary N) is 1. The van der Waals surface area contributed by atoms with Crippen LogP contribution in [-0.2, 0) is 11.2 Å². The fourth-order valence-electron chi connectivity index (χ4n) is 1.62. The number of amides is 1. The molecule has 1 rings (SSSR count). The van der Waals surface area contributed by atoms with E-state index in [2.05, 4.69) is 5.32 Å². The van der Waals surface area contributed by atoms with E-state index in [1.165, 1.54) is 0 Å². The first-order valence-electron chi connectivity index (χ1n) is 5.93. The monoisotopic (exact) mass is 305 g/mol. The molecule has 0 fully saturated rings. The van der Waals surface area contributed by atoms with Gasteiger partial charge < -0.3 is 15.5 Å². The van der Waals surface area contributed by atoms with Crippen molar-refractivity contribution in [3.8, 4) is 0 Å². The van der Waals surface area contributed by atoms with Crippen LogP contribution in [0.1, 0.15) is 18.9 Å². The van der Waals surface area contributed by atoms with Crippen molar-refractivity contribution >= 4 is 29.1 Å². The van der Waals surface area contributed by atoms with Gasteiger partial charge in [-0.2, -0.15) is 0 Å². The van der Waals surface area contributed by atoms with Crippen LogP contribution in [0.2, 0.25) is 10.0 Å². The summed E-state index contributed by atoms with van der Waals surface area (Å²) in [4.78, 5) is 11.9. The van der Waals surface area contributed by atoms with Crippen LogP contribution in [0.3, 0.4) is 0 Å². The molecule has 0 aliphatic carbocycles. The lowest BCUT2D eigenvalue weighted by Crippen LogP contribution is -2.54. The quantitative estimate of drug-likeness (QED) is 0.750. The lowest BCUT2D eigenvalue weighted by atomic mass is 9.98. The predicted molar refractivity (Wildman–Crippen MR) is 75.5 cm³/mol. The molecule has 0 heterocycles. The maximum Gasteiger partial charge on any atom is 0.225 e. The van der Waals surface area contributed by atoms with Crippen molar-refractivity contribution in [2.45, 2.75) is 25.3 Å². The molecule has 1 aromatic rings. The van der Waals surface area contributed by atoms with Gasteiger partial charge in [0.15, 0.2) is 0 Å². The number of hydrogen-bond donors (Lipinski definition) is 3. The van der Waals surface area contributed by atoms with Gasteiger partial charge in [0.2, 0.25) is 5.91 Å². The standard InChI is InChI=1S/C13H17Cl2NO3/c1-2-13(7-17,8-18)16-12(19)5-9-3-4-10(14)6-11(9)15/h3-4,6,17-18H,2,5,7-8H2,1H3,(H,16,19). The number of aliphatic hydroxyl groups excluding tert-OH is 2. The summed E-state index contributed by atoms with van der Waals surface area (Å²) in [6, 6.07) is 4.90. The van der Waals surface area contributed by atoms with Gasteiger partial charge in [-0.1, -0.05) is 36.2 Å². The maximum atomic E-state index is 11.9. The second-order valence-corrected chi connectivity index (χ2v) is 5.25. The maximum absolute atomic E-state index is 11.9. The molecule has 0 radical (unpaired) electrons. The second kappa shape index (κ2) is 7.10. The summed E-state index contributed by atoms with van der Waals surface area (Å²) >= 11 is 11.8. The van der Waals surface area contributed by atoms with Gasteiger partial charge in [-0.15, -0.1) is 0 Å². The van der Waals surface area contributed by atoms with Crippen LogP contribution >= 0.6 is 23.2 Å². The third kappa shape index (κ3) is 4.35. The molecule has 3 N–H and O–H groups in total. The Bertz CT molecular complexity index is 439. The number of benzene rings is 1. The normalized spacial score (nSPS) is 11.4. The Morgan fingerprint density at radius 2 is 1.95 bits per heavy atom. The molecule has 1 aromatic carbocycles. The van der Waals surface area contributed by atoms with Gasteiger partial charge in [0, 0.05) is 10.0 Å². The Labute approximate surface area is 122 Å². The third-order valence-electron chi connectivity index (χ3n) is 3.05. The molecule has 0 unspecified atom stereocenters. The van der Waals surface area contributed by atoms with Crippen LogP contribution in [0, 0.1) is 0 Å². The number of aliphatic hydroxyl groups is 2.